The topological polar surface area (TPSA) is 38.3 Å². The second-order valence-electron chi connectivity index (χ2n) is 4.60. The van der Waals surface area contributed by atoms with Crippen molar-refractivity contribution in [1.82, 2.24) is 5.32 Å². The summed E-state index contributed by atoms with van der Waals surface area (Å²) >= 11 is 1.43. The average molecular weight is 303 g/mol. The number of ether oxygens (including phenoxy) is 1. The highest BCUT2D eigenvalue weighted by atomic mass is 32.2. The molecule has 112 valence electrons. The molecule has 3 nitrogen and oxygen atoms in total. The minimum Gasteiger partial charge on any atom is -0.468 e. The molecule has 0 aliphatic heterocycles. The first kappa shape index (κ1) is 16.9. The Balaban J connectivity index is 2.44. The largest absolute Gasteiger partial charge is 0.468 e. The predicted octanol–water partition coefficient (Wildman–Crippen LogP) is 2.99. The number of halogens is 2. The van der Waals surface area contributed by atoms with Crippen LogP contribution in [0.25, 0.3) is 0 Å². The molecule has 6 heteroatoms. The van der Waals surface area contributed by atoms with Crippen LogP contribution in [0.2, 0.25) is 0 Å². The molecule has 1 rings (SSSR count). The van der Waals surface area contributed by atoms with E-state index in [1.165, 1.54) is 24.9 Å². The zero-order valence-electron chi connectivity index (χ0n) is 11.8. The number of methoxy groups -OCH3 is 1. The van der Waals surface area contributed by atoms with Crippen molar-refractivity contribution in [2.24, 2.45) is 0 Å². The van der Waals surface area contributed by atoms with Gasteiger partial charge in [-0.3, -0.25) is 4.79 Å². The number of nitrogens with one attached hydrogen (secondary N) is 1. The van der Waals surface area contributed by atoms with Gasteiger partial charge in [0.2, 0.25) is 0 Å². The summed E-state index contributed by atoms with van der Waals surface area (Å²) in [5, 5.41) is 2.95. The fourth-order valence-corrected chi connectivity index (χ4v) is 2.61. The number of carbonyl (C=O) groups is 1. The van der Waals surface area contributed by atoms with E-state index in [0.717, 1.165) is 12.5 Å². The van der Waals surface area contributed by atoms with Gasteiger partial charge in [0.15, 0.2) is 11.6 Å². The van der Waals surface area contributed by atoms with Crippen LogP contribution in [-0.4, -0.2) is 31.4 Å². The molecule has 0 fully saturated rings. The molecule has 0 aliphatic rings. The van der Waals surface area contributed by atoms with Gasteiger partial charge in [0.05, 0.1) is 7.11 Å². The molecule has 0 bridgehead atoms. The van der Waals surface area contributed by atoms with Gasteiger partial charge in [-0.2, -0.15) is 0 Å². The SMILES string of the molecule is CNC(C)(CCCSc1ccc(F)c(F)c1)C(=O)OC. The zero-order chi connectivity index (χ0) is 15.2. The van der Waals surface area contributed by atoms with Crippen molar-refractivity contribution in [1.29, 1.82) is 0 Å². The molecule has 1 N–H and O–H groups in total. The van der Waals surface area contributed by atoms with Crippen molar-refractivity contribution in [3.63, 3.8) is 0 Å². The molecule has 20 heavy (non-hydrogen) atoms. The number of benzene rings is 1. The van der Waals surface area contributed by atoms with E-state index in [4.69, 9.17) is 4.74 Å². The van der Waals surface area contributed by atoms with Gasteiger partial charge in [-0.1, -0.05) is 0 Å². The number of likely N-dealkylation sites (N-methyl/N-ethyl adjacent to an activating group) is 1. The molecule has 0 amide bonds. The van der Waals surface area contributed by atoms with Crippen LogP contribution in [-0.2, 0) is 9.53 Å². The molecule has 0 aliphatic carbocycles. The molecule has 1 atom stereocenters. The molecule has 0 radical (unpaired) electrons. The minimum atomic E-state index is -0.845. The maximum Gasteiger partial charge on any atom is 0.325 e. The maximum atomic E-state index is 13.0. The summed E-state index contributed by atoms with van der Waals surface area (Å²) in [5.74, 6) is -1.29. The molecule has 1 unspecified atom stereocenters. The van der Waals surface area contributed by atoms with Gasteiger partial charge in [0.1, 0.15) is 5.54 Å². The van der Waals surface area contributed by atoms with Crippen LogP contribution in [0.1, 0.15) is 19.8 Å². The lowest BCUT2D eigenvalue weighted by Gasteiger charge is -2.25. The van der Waals surface area contributed by atoms with Crippen LogP contribution < -0.4 is 5.32 Å². The Morgan fingerprint density at radius 3 is 2.65 bits per heavy atom. The molecule has 0 spiro atoms. The van der Waals surface area contributed by atoms with Gasteiger partial charge in [0, 0.05) is 4.90 Å². The van der Waals surface area contributed by atoms with Crippen molar-refractivity contribution in [2.75, 3.05) is 19.9 Å². The van der Waals surface area contributed by atoms with Crippen LogP contribution >= 0.6 is 11.8 Å². The summed E-state index contributed by atoms with van der Waals surface area (Å²) in [5.41, 5.74) is -0.719. The Kier molecular flexibility index (Phi) is 6.42. The van der Waals surface area contributed by atoms with Crippen molar-refractivity contribution in [2.45, 2.75) is 30.2 Å². The Bertz CT molecular complexity index is 470. The number of esters is 1. The molecule has 0 saturated carbocycles. The average Bonchev–Trinajstić information content (AvgIpc) is 2.46. The minimum absolute atomic E-state index is 0.308. The Hall–Kier alpha value is -1.14. The number of carbonyl (C=O) groups excluding carboxylic acids is 1. The maximum absolute atomic E-state index is 13.0. The van der Waals surface area contributed by atoms with E-state index < -0.39 is 17.2 Å². The van der Waals surface area contributed by atoms with Crippen LogP contribution in [0.3, 0.4) is 0 Å². The summed E-state index contributed by atoms with van der Waals surface area (Å²) in [7, 11) is 3.06. The van der Waals surface area contributed by atoms with Crippen molar-refractivity contribution in [3.8, 4) is 0 Å². The summed E-state index contributed by atoms with van der Waals surface area (Å²) in [4.78, 5) is 12.3. The number of hydrogen-bond donors (Lipinski definition) is 1. The van der Waals surface area contributed by atoms with E-state index in [0.29, 0.717) is 17.1 Å². The fraction of sp³-hybridized carbons (Fsp3) is 0.500. The van der Waals surface area contributed by atoms with Crippen molar-refractivity contribution < 1.29 is 18.3 Å². The molecular formula is C14H19F2NO2S. The highest BCUT2D eigenvalue weighted by Gasteiger charge is 2.31. The van der Waals surface area contributed by atoms with Crippen molar-refractivity contribution >= 4 is 17.7 Å². The van der Waals surface area contributed by atoms with E-state index in [1.807, 2.05) is 0 Å². The van der Waals surface area contributed by atoms with Crippen LogP contribution in [0.4, 0.5) is 8.78 Å². The quantitative estimate of drug-likeness (QED) is 0.477. The Labute approximate surface area is 122 Å². The van der Waals surface area contributed by atoms with Gasteiger partial charge < -0.3 is 10.1 Å². The first-order chi connectivity index (χ1) is 9.42. The summed E-state index contributed by atoms with van der Waals surface area (Å²) in [6.07, 6.45) is 1.35. The summed E-state index contributed by atoms with van der Waals surface area (Å²) in [6.45, 7) is 1.78. The zero-order valence-corrected chi connectivity index (χ0v) is 12.7. The molecular weight excluding hydrogens is 284 g/mol. The third-order valence-corrected chi connectivity index (χ3v) is 4.25. The standard InChI is InChI=1S/C14H19F2NO2S/c1-14(17-2,13(18)19-3)7-4-8-20-10-5-6-11(15)12(16)9-10/h5-6,9,17H,4,7-8H2,1-3H3. The van der Waals surface area contributed by atoms with Gasteiger partial charge in [-0.05, 0) is 50.8 Å². The highest BCUT2D eigenvalue weighted by Crippen LogP contribution is 2.23. The highest BCUT2D eigenvalue weighted by molar-refractivity contribution is 7.99. The van der Waals surface area contributed by atoms with Crippen LogP contribution in [0.5, 0.6) is 0 Å². The lowest BCUT2D eigenvalue weighted by atomic mass is 9.97. The first-order valence-corrected chi connectivity index (χ1v) is 7.26. The Morgan fingerprint density at radius 2 is 2.10 bits per heavy atom. The van der Waals surface area contributed by atoms with E-state index in [9.17, 15) is 13.6 Å². The van der Waals surface area contributed by atoms with Gasteiger partial charge in [-0.15, -0.1) is 11.8 Å². The molecule has 0 heterocycles. The van der Waals surface area contributed by atoms with Crippen molar-refractivity contribution in [3.05, 3.63) is 29.8 Å². The monoisotopic (exact) mass is 303 g/mol. The van der Waals surface area contributed by atoms with Gasteiger partial charge in [-0.25, -0.2) is 8.78 Å². The number of thioether (sulfide) groups is 1. The lowest BCUT2D eigenvalue weighted by Crippen LogP contribution is -2.48. The number of rotatable bonds is 7. The van der Waals surface area contributed by atoms with Crippen LogP contribution in [0, 0.1) is 11.6 Å². The third-order valence-electron chi connectivity index (χ3n) is 3.17. The first-order valence-electron chi connectivity index (χ1n) is 6.28. The summed E-state index contributed by atoms with van der Waals surface area (Å²) in [6, 6.07) is 3.84. The van der Waals surface area contributed by atoms with E-state index in [2.05, 4.69) is 5.32 Å². The third kappa shape index (κ3) is 4.45. The molecule has 1 aromatic rings. The molecule has 0 aromatic heterocycles. The normalized spacial score (nSPS) is 13.8. The second-order valence-corrected chi connectivity index (χ2v) is 5.77. The fourth-order valence-electron chi connectivity index (χ4n) is 1.74. The van der Waals surface area contributed by atoms with Gasteiger partial charge >= 0.3 is 5.97 Å². The number of hydrogen-bond acceptors (Lipinski definition) is 4. The smallest absolute Gasteiger partial charge is 0.325 e. The van der Waals surface area contributed by atoms with E-state index >= 15 is 0 Å². The molecule has 1 aromatic carbocycles. The van der Waals surface area contributed by atoms with Crippen LogP contribution in [0.15, 0.2) is 23.1 Å². The van der Waals surface area contributed by atoms with E-state index in [1.54, 1.807) is 20.0 Å². The lowest BCUT2D eigenvalue weighted by molar-refractivity contribution is -0.148. The Morgan fingerprint density at radius 1 is 1.40 bits per heavy atom. The predicted molar refractivity (Wildman–Crippen MR) is 75.8 cm³/mol. The van der Waals surface area contributed by atoms with E-state index in [-0.39, 0.29) is 5.97 Å². The van der Waals surface area contributed by atoms with Gasteiger partial charge in [0.25, 0.3) is 0 Å². The molecule has 0 saturated heterocycles. The summed E-state index contributed by atoms with van der Waals surface area (Å²) < 4.78 is 30.5. The second kappa shape index (κ2) is 7.59.